The summed E-state index contributed by atoms with van der Waals surface area (Å²) in [6.07, 6.45) is 7.03. The largest absolute Gasteiger partial charge is 0.382 e. The maximum absolute atomic E-state index is 11.2. The Kier molecular flexibility index (Phi) is 4.37. The molecule has 8 heteroatoms. The van der Waals surface area contributed by atoms with Gasteiger partial charge in [0, 0.05) is 41.9 Å². The molecule has 1 N–H and O–H groups in total. The molecule has 3 aromatic heterocycles. The highest BCUT2D eigenvalue weighted by Gasteiger charge is 2.13. The Bertz CT molecular complexity index is 836. The van der Waals surface area contributed by atoms with Crippen LogP contribution in [0.3, 0.4) is 0 Å². The van der Waals surface area contributed by atoms with Gasteiger partial charge in [0.15, 0.2) is 11.6 Å². The van der Waals surface area contributed by atoms with Gasteiger partial charge in [0.2, 0.25) is 0 Å². The third kappa shape index (κ3) is 3.48. The van der Waals surface area contributed by atoms with Crippen LogP contribution in [0.5, 0.6) is 0 Å². The van der Waals surface area contributed by atoms with Crippen molar-refractivity contribution in [1.82, 2.24) is 29.8 Å². The summed E-state index contributed by atoms with van der Waals surface area (Å²) in [5.41, 5.74) is 2.38. The van der Waals surface area contributed by atoms with Gasteiger partial charge in [-0.25, -0.2) is 14.3 Å². The fourth-order valence-electron chi connectivity index (χ4n) is 2.34. The molecular formula is C16H19N7O. The fourth-order valence-corrected chi connectivity index (χ4v) is 2.34. The molecule has 0 saturated heterocycles. The highest BCUT2D eigenvalue weighted by atomic mass is 16.1. The van der Waals surface area contributed by atoms with E-state index >= 15 is 0 Å². The average Bonchev–Trinajstić information content (AvgIpc) is 3.17. The maximum atomic E-state index is 11.2. The van der Waals surface area contributed by atoms with Crippen LogP contribution >= 0.6 is 0 Å². The fraction of sp³-hybridized carbons (Fsp3) is 0.312. The molecule has 0 aliphatic heterocycles. The van der Waals surface area contributed by atoms with Crippen molar-refractivity contribution < 1.29 is 4.79 Å². The van der Waals surface area contributed by atoms with Gasteiger partial charge < -0.3 is 5.32 Å². The van der Waals surface area contributed by atoms with E-state index < -0.39 is 0 Å². The van der Waals surface area contributed by atoms with Gasteiger partial charge in [0.05, 0.1) is 6.20 Å². The first-order valence-corrected chi connectivity index (χ1v) is 7.69. The molecule has 0 saturated carbocycles. The van der Waals surface area contributed by atoms with Crippen molar-refractivity contribution >= 4 is 11.5 Å². The van der Waals surface area contributed by atoms with Crippen molar-refractivity contribution in [2.75, 3.05) is 5.32 Å². The molecule has 0 bridgehead atoms. The lowest BCUT2D eigenvalue weighted by Crippen LogP contribution is -2.12. The Labute approximate surface area is 139 Å². The molecule has 0 radical (unpaired) electrons. The molecule has 0 fully saturated rings. The zero-order valence-corrected chi connectivity index (χ0v) is 13.8. The lowest BCUT2D eigenvalue weighted by atomic mass is 10.1. The summed E-state index contributed by atoms with van der Waals surface area (Å²) in [5.74, 6) is 0.738. The Morgan fingerprint density at radius 3 is 2.88 bits per heavy atom. The first kappa shape index (κ1) is 15.9. The van der Waals surface area contributed by atoms with E-state index in [0.717, 1.165) is 11.3 Å². The van der Waals surface area contributed by atoms with Crippen LogP contribution < -0.4 is 5.32 Å². The summed E-state index contributed by atoms with van der Waals surface area (Å²) in [4.78, 5) is 15.7. The van der Waals surface area contributed by atoms with Gasteiger partial charge in [0.1, 0.15) is 12.2 Å². The first-order chi connectivity index (χ1) is 11.5. The second kappa shape index (κ2) is 6.61. The normalized spacial score (nSPS) is 11.0. The zero-order valence-electron chi connectivity index (χ0n) is 13.8. The summed E-state index contributed by atoms with van der Waals surface area (Å²) in [6, 6.07) is 4.01. The lowest BCUT2D eigenvalue weighted by molar-refractivity contribution is -0.117. The summed E-state index contributed by atoms with van der Waals surface area (Å²) < 4.78 is 3.22. The van der Waals surface area contributed by atoms with Crippen LogP contribution in [0.25, 0.3) is 17.1 Å². The Balaban J connectivity index is 1.99. The predicted molar refractivity (Wildman–Crippen MR) is 89.8 cm³/mol. The molecule has 8 nitrogen and oxygen atoms in total. The third-order valence-electron chi connectivity index (χ3n) is 3.27. The minimum atomic E-state index is 0.0270. The van der Waals surface area contributed by atoms with Crippen molar-refractivity contribution in [1.29, 1.82) is 0 Å². The number of anilines is 1. The summed E-state index contributed by atoms with van der Waals surface area (Å²) in [7, 11) is 0. The Morgan fingerprint density at radius 2 is 2.21 bits per heavy atom. The number of aromatic nitrogens is 6. The van der Waals surface area contributed by atoms with Gasteiger partial charge in [-0.2, -0.15) is 5.10 Å². The molecule has 0 atom stereocenters. The van der Waals surface area contributed by atoms with E-state index in [2.05, 4.69) is 39.6 Å². The molecule has 0 aliphatic carbocycles. The van der Waals surface area contributed by atoms with Crippen LogP contribution in [0.1, 0.15) is 20.8 Å². The molecule has 3 heterocycles. The van der Waals surface area contributed by atoms with Crippen molar-refractivity contribution in [3.8, 4) is 17.1 Å². The zero-order chi connectivity index (χ0) is 17.1. The molecule has 0 aliphatic rings. The van der Waals surface area contributed by atoms with Crippen LogP contribution in [0.2, 0.25) is 0 Å². The van der Waals surface area contributed by atoms with E-state index in [9.17, 15) is 4.79 Å². The van der Waals surface area contributed by atoms with Gasteiger partial charge in [-0.15, -0.1) is 5.10 Å². The topological polar surface area (TPSA) is 90.5 Å². The van der Waals surface area contributed by atoms with Crippen molar-refractivity contribution in [2.45, 2.75) is 33.4 Å². The van der Waals surface area contributed by atoms with Crippen LogP contribution in [0.4, 0.5) is 5.69 Å². The maximum Gasteiger partial charge on any atom is 0.155 e. The minimum Gasteiger partial charge on any atom is -0.382 e. The van der Waals surface area contributed by atoms with E-state index in [0.29, 0.717) is 11.5 Å². The van der Waals surface area contributed by atoms with Gasteiger partial charge in [0.25, 0.3) is 0 Å². The second-order valence-electron chi connectivity index (χ2n) is 5.84. The van der Waals surface area contributed by atoms with Crippen LogP contribution in [-0.2, 0) is 11.3 Å². The number of hydrogen-bond donors (Lipinski definition) is 1. The molecule has 24 heavy (non-hydrogen) atoms. The number of hydrogen-bond acceptors (Lipinski definition) is 6. The monoisotopic (exact) mass is 325 g/mol. The number of carbonyl (C=O) groups excluding carboxylic acids is 1. The third-order valence-corrected chi connectivity index (χ3v) is 3.27. The van der Waals surface area contributed by atoms with E-state index in [1.54, 1.807) is 23.3 Å². The minimum absolute atomic E-state index is 0.0270. The number of nitrogens with one attached hydrogen (secondary N) is 1. The Morgan fingerprint density at radius 1 is 1.38 bits per heavy atom. The van der Waals surface area contributed by atoms with Gasteiger partial charge in [-0.05, 0) is 26.8 Å². The van der Waals surface area contributed by atoms with Gasteiger partial charge in [-0.3, -0.25) is 4.79 Å². The molecule has 124 valence electrons. The molecule has 0 unspecified atom stereocenters. The molecular weight excluding hydrogens is 306 g/mol. The number of carbonyl (C=O) groups is 1. The Hall–Kier alpha value is -3.03. The lowest BCUT2D eigenvalue weighted by Gasteiger charge is -2.14. The van der Waals surface area contributed by atoms with E-state index in [1.165, 1.54) is 11.6 Å². The molecule has 3 rings (SSSR count). The van der Waals surface area contributed by atoms with Gasteiger partial charge in [-0.1, -0.05) is 5.21 Å². The smallest absolute Gasteiger partial charge is 0.155 e. The number of rotatable bonds is 6. The summed E-state index contributed by atoms with van der Waals surface area (Å²) in [5, 5.41) is 15.8. The molecule has 0 aromatic carbocycles. The van der Waals surface area contributed by atoms with E-state index in [-0.39, 0.29) is 18.4 Å². The van der Waals surface area contributed by atoms with E-state index in [4.69, 9.17) is 0 Å². The summed E-state index contributed by atoms with van der Waals surface area (Å²) >= 11 is 0. The highest BCUT2D eigenvalue weighted by molar-refractivity contribution is 5.77. The number of pyridine rings is 1. The van der Waals surface area contributed by atoms with Crippen LogP contribution in [-0.4, -0.2) is 41.6 Å². The van der Waals surface area contributed by atoms with Gasteiger partial charge >= 0.3 is 0 Å². The predicted octanol–water partition coefficient (Wildman–Crippen LogP) is 1.94. The van der Waals surface area contributed by atoms with Crippen LogP contribution in [0.15, 0.2) is 36.9 Å². The molecule has 0 amide bonds. The van der Waals surface area contributed by atoms with Crippen molar-refractivity contribution in [2.24, 2.45) is 0 Å². The average molecular weight is 325 g/mol. The SMILES string of the molecule is CC(=O)Cn1cc(-c2cnc(-n3cccn3)cc2NC(C)C)nn1. The highest BCUT2D eigenvalue weighted by Crippen LogP contribution is 2.27. The quantitative estimate of drug-likeness (QED) is 0.745. The van der Waals surface area contributed by atoms with Crippen LogP contribution in [0, 0.1) is 0 Å². The number of nitrogens with zero attached hydrogens (tertiary/aromatic N) is 6. The molecule has 3 aromatic rings. The first-order valence-electron chi connectivity index (χ1n) is 7.69. The van der Waals surface area contributed by atoms with Crippen molar-refractivity contribution in [3.05, 3.63) is 36.9 Å². The summed E-state index contributed by atoms with van der Waals surface area (Å²) in [6.45, 7) is 5.85. The molecule has 0 spiro atoms. The van der Waals surface area contributed by atoms with Crippen molar-refractivity contribution in [3.63, 3.8) is 0 Å². The second-order valence-corrected chi connectivity index (χ2v) is 5.84. The standard InChI is InChI=1S/C16H19N7O/c1-11(2)19-14-7-16(23-6-4-5-18-23)17-8-13(14)15-10-22(21-20-15)9-12(3)24/h4-8,10-11H,9H2,1-3H3,(H,17,19). The number of Topliss-reactive ketones (excluding diaryl/α,β-unsaturated/α-hetero) is 1. The number of ketones is 1. The van der Waals surface area contributed by atoms with E-state index in [1.807, 2.05) is 18.3 Å².